The molecule has 0 bridgehead atoms. The monoisotopic (exact) mass is 312 g/mol. The van der Waals surface area contributed by atoms with Crippen molar-refractivity contribution >= 4 is 16.8 Å². The van der Waals surface area contributed by atoms with Crippen LogP contribution in [-0.4, -0.2) is 30.1 Å². The van der Waals surface area contributed by atoms with E-state index in [0.29, 0.717) is 6.54 Å². The molecule has 2 heterocycles. The Kier molecular flexibility index (Phi) is 4.08. The van der Waals surface area contributed by atoms with Crippen molar-refractivity contribution in [2.24, 2.45) is 0 Å². The number of fused-ring (bicyclic) bond motifs is 3. The number of carbonyl (C=O) groups excluding carboxylic acids is 1. The molecule has 0 spiro atoms. The summed E-state index contributed by atoms with van der Waals surface area (Å²) >= 11 is 0. The Bertz CT molecular complexity index is 713. The number of hydrogen-bond acceptors (Lipinski definition) is 2. The van der Waals surface area contributed by atoms with E-state index in [9.17, 15) is 4.79 Å². The highest BCUT2D eigenvalue weighted by molar-refractivity contribution is 6.06. The predicted octanol–water partition coefficient (Wildman–Crippen LogP) is 3.35. The number of carbonyl (C=O) groups is 1. The van der Waals surface area contributed by atoms with Crippen molar-refractivity contribution in [3.63, 3.8) is 0 Å². The minimum Gasteiger partial charge on any atom is -0.376 e. The van der Waals surface area contributed by atoms with E-state index in [1.807, 2.05) is 12.1 Å². The van der Waals surface area contributed by atoms with E-state index in [1.54, 1.807) is 0 Å². The third-order valence-corrected chi connectivity index (χ3v) is 5.14. The van der Waals surface area contributed by atoms with Gasteiger partial charge >= 0.3 is 0 Å². The van der Waals surface area contributed by atoms with Crippen LogP contribution in [0.4, 0.5) is 0 Å². The summed E-state index contributed by atoms with van der Waals surface area (Å²) in [5, 5.41) is 4.27. The first kappa shape index (κ1) is 14.8. The van der Waals surface area contributed by atoms with E-state index in [4.69, 9.17) is 4.74 Å². The fraction of sp³-hybridized carbons (Fsp3) is 0.526. The highest BCUT2D eigenvalue weighted by Crippen LogP contribution is 2.30. The summed E-state index contributed by atoms with van der Waals surface area (Å²) in [4.78, 5) is 16.2. The van der Waals surface area contributed by atoms with Crippen LogP contribution < -0.4 is 5.32 Å². The number of aromatic amines is 1. The molecule has 23 heavy (non-hydrogen) atoms. The van der Waals surface area contributed by atoms with Gasteiger partial charge in [-0.3, -0.25) is 4.79 Å². The van der Waals surface area contributed by atoms with Crippen molar-refractivity contribution in [2.45, 2.75) is 51.0 Å². The number of aromatic nitrogens is 1. The van der Waals surface area contributed by atoms with Gasteiger partial charge in [0.15, 0.2) is 0 Å². The standard InChI is InChI=1S/C19H24N2O2/c22-19(20-12-13-6-5-11-23-13)16-9-4-8-15-14-7-2-1-3-10-17(14)21-18(15)16/h4,8-9,13,21H,1-3,5-7,10-12H2,(H,20,22)/t13-/m0/s1. The van der Waals surface area contributed by atoms with Crippen LogP contribution in [0.15, 0.2) is 18.2 Å². The molecular weight excluding hydrogens is 288 g/mol. The van der Waals surface area contributed by atoms with Crippen LogP contribution >= 0.6 is 0 Å². The van der Waals surface area contributed by atoms with Crippen LogP contribution in [0.5, 0.6) is 0 Å². The molecule has 2 N–H and O–H groups in total. The molecule has 1 atom stereocenters. The fourth-order valence-electron chi connectivity index (χ4n) is 3.90. The summed E-state index contributed by atoms with van der Waals surface area (Å²) in [7, 11) is 0. The van der Waals surface area contributed by atoms with Gasteiger partial charge in [0.05, 0.1) is 17.2 Å². The number of H-pyrrole nitrogens is 1. The van der Waals surface area contributed by atoms with Crippen LogP contribution in [0, 0.1) is 0 Å². The van der Waals surface area contributed by atoms with Gasteiger partial charge in [0.1, 0.15) is 0 Å². The molecule has 0 saturated carbocycles. The van der Waals surface area contributed by atoms with Crippen molar-refractivity contribution in [3.05, 3.63) is 35.0 Å². The minimum atomic E-state index is 0.00232. The van der Waals surface area contributed by atoms with Gasteiger partial charge in [-0.2, -0.15) is 0 Å². The van der Waals surface area contributed by atoms with Gasteiger partial charge in [-0.05, 0) is 50.2 Å². The lowest BCUT2D eigenvalue weighted by molar-refractivity contribution is 0.0859. The summed E-state index contributed by atoms with van der Waals surface area (Å²) in [6.45, 7) is 1.43. The fourth-order valence-corrected chi connectivity index (χ4v) is 3.90. The molecule has 1 aromatic carbocycles. The second kappa shape index (κ2) is 6.36. The predicted molar refractivity (Wildman–Crippen MR) is 90.9 cm³/mol. The zero-order valence-corrected chi connectivity index (χ0v) is 13.5. The SMILES string of the molecule is O=C(NC[C@@H]1CCCO1)c1cccc2c3c([nH]c12)CCCCC3. The maximum absolute atomic E-state index is 12.6. The number of para-hydroxylation sites is 1. The van der Waals surface area contributed by atoms with Gasteiger partial charge in [0, 0.05) is 24.2 Å². The highest BCUT2D eigenvalue weighted by atomic mass is 16.5. The number of ether oxygens (including phenoxy) is 1. The van der Waals surface area contributed by atoms with Crippen LogP contribution in [0.25, 0.3) is 10.9 Å². The second-order valence-corrected chi connectivity index (χ2v) is 6.72. The zero-order valence-electron chi connectivity index (χ0n) is 13.5. The van der Waals surface area contributed by atoms with Crippen molar-refractivity contribution in [1.29, 1.82) is 0 Å². The van der Waals surface area contributed by atoms with Crippen molar-refractivity contribution in [1.82, 2.24) is 10.3 Å². The molecule has 1 fully saturated rings. The lowest BCUT2D eigenvalue weighted by atomic mass is 10.0. The second-order valence-electron chi connectivity index (χ2n) is 6.72. The molecule has 2 aromatic rings. The summed E-state index contributed by atoms with van der Waals surface area (Å²) in [5.41, 5.74) is 4.51. The van der Waals surface area contributed by atoms with Gasteiger partial charge in [-0.15, -0.1) is 0 Å². The molecule has 1 aliphatic heterocycles. The molecule has 1 aliphatic carbocycles. The van der Waals surface area contributed by atoms with E-state index in [2.05, 4.69) is 16.4 Å². The number of hydrogen-bond donors (Lipinski definition) is 2. The Morgan fingerprint density at radius 2 is 2.13 bits per heavy atom. The van der Waals surface area contributed by atoms with E-state index < -0.39 is 0 Å². The zero-order chi connectivity index (χ0) is 15.6. The van der Waals surface area contributed by atoms with Crippen molar-refractivity contribution < 1.29 is 9.53 Å². The lowest BCUT2D eigenvalue weighted by Gasteiger charge is -2.11. The average molecular weight is 312 g/mol. The first-order valence-corrected chi connectivity index (χ1v) is 8.85. The van der Waals surface area contributed by atoms with Gasteiger partial charge < -0.3 is 15.0 Å². The van der Waals surface area contributed by atoms with Gasteiger partial charge in [0.25, 0.3) is 5.91 Å². The topological polar surface area (TPSA) is 54.1 Å². The molecule has 1 aromatic heterocycles. The normalized spacial score (nSPS) is 21.1. The molecule has 4 nitrogen and oxygen atoms in total. The molecule has 122 valence electrons. The molecule has 4 rings (SSSR count). The maximum atomic E-state index is 12.6. The first-order chi connectivity index (χ1) is 11.3. The largest absolute Gasteiger partial charge is 0.376 e. The van der Waals surface area contributed by atoms with Crippen LogP contribution in [0.1, 0.15) is 53.7 Å². The smallest absolute Gasteiger partial charge is 0.253 e. The highest BCUT2D eigenvalue weighted by Gasteiger charge is 2.20. The average Bonchev–Trinajstić information content (AvgIpc) is 3.14. The van der Waals surface area contributed by atoms with Crippen molar-refractivity contribution in [2.75, 3.05) is 13.2 Å². The van der Waals surface area contributed by atoms with E-state index in [0.717, 1.165) is 43.4 Å². The first-order valence-electron chi connectivity index (χ1n) is 8.85. The third kappa shape index (κ3) is 2.88. The minimum absolute atomic E-state index is 0.00232. The summed E-state index contributed by atoms with van der Waals surface area (Å²) in [5.74, 6) is 0.00232. The van der Waals surface area contributed by atoms with Gasteiger partial charge in [-0.1, -0.05) is 18.6 Å². The Hall–Kier alpha value is -1.81. The number of benzene rings is 1. The molecule has 0 radical (unpaired) electrons. The lowest BCUT2D eigenvalue weighted by Crippen LogP contribution is -2.31. The molecule has 0 unspecified atom stereocenters. The maximum Gasteiger partial charge on any atom is 0.253 e. The Balaban J connectivity index is 1.60. The molecule has 2 aliphatic rings. The molecular formula is C19H24N2O2. The third-order valence-electron chi connectivity index (χ3n) is 5.14. The summed E-state index contributed by atoms with van der Waals surface area (Å²) in [6.07, 6.45) is 8.32. The number of rotatable bonds is 3. The van der Waals surface area contributed by atoms with E-state index >= 15 is 0 Å². The van der Waals surface area contributed by atoms with Crippen LogP contribution in [0.3, 0.4) is 0 Å². The molecule has 1 amide bonds. The van der Waals surface area contributed by atoms with Gasteiger partial charge in [0.2, 0.25) is 0 Å². The quantitative estimate of drug-likeness (QED) is 0.854. The molecule has 1 saturated heterocycles. The molecule has 4 heteroatoms. The van der Waals surface area contributed by atoms with Crippen LogP contribution in [-0.2, 0) is 17.6 Å². The summed E-state index contributed by atoms with van der Waals surface area (Å²) < 4.78 is 5.58. The van der Waals surface area contributed by atoms with Crippen LogP contribution in [0.2, 0.25) is 0 Å². The Morgan fingerprint density at radius 1 is 1.22 bits per heavy atom. The number of amides is 1. The number of aryl methyl sites for hydroxylation is 2. The van der Waals surface area contributed by atoms with Gasteiger partial charge in [-0.25, -0.2) is 0 Å². The summed E-state index contributed by atoms with van der Waals surface area (Å²) in [6, 6.07) is 6.07. The van der Waals surface area contributed by atoms with E-state index in [-0.39, 0.29) is 12.0 Å². The van der Waals surface area contributed by atoms with Crippen molar-refractivity contribution in [3.8, 4) is 0 Å². The number of nitrogens with one attached hydrogen (secondary N) is 2. The van der Waals surface area contributed by atoms with E-state index in [1.165, 1.54) is 35.9 Å². The Labute approximate surface area is 136 Å². The Morgan fingerprint density at radius 3 is 3.00 bits per heavy atom.